The molecule has 1 N–H and O–H groups in total. The molecule has 0 radical (unpaired) electrons. The highest BCUT2D eigenvalue weighted by Crippen LogP contribution is 2.33. The molecule has 0 aromatic carbocycles. The van der Waals surface area contributed by atoms with Gasteiger partial charge in [-0.2, -0.15) is 0 Å². The lowest BCUT2D eigenvalue weighted by Gasteiger charge is -2.38. The van der Waals surface area contributed by atoms with E-state index in [1.807, 2.05) is 0 Å². The molecule has 0 spiro atoms. The molecule has 1 atom stereocenters. The second-order valence-electron chi connectivity index (χ2n) is 4.35. The van der Waals surface area contributed by atoms with Crippen LogP contribution in [-0.2, 0) is 4.79 Å². The van der Waals surface area contributed by atoms with Crippen LogP contribution >= 0.6 is 0 Å². The Labute approximate surface area is 73.1 Å². The van der Waals surface area contributed by atoms with Crippen LogP contribution in [0.5, 0.6) is 0 Å². The highest BCUT2D eigenvalue weighted by atomic mass is 16.2. The number of hydrogen-bond donors (Lipinski definition) is 1. The minimum Gasteiger partial charge on any atom is -0.353 e. The van der Waals surface area contributed by atoms with Gasteiger partial charge in [0.15, 0.2) is 0 Å². The minimum absolute atomic E-state index is 0.161. The monoisotopic (exact) mass is 168 g/mol. The molecular formula is C9H16N2O. The number of carbonyl (C=O) groups is 1. The summed E-state index contributed by atoms with van der Waals surface area (Å²) in [6.45, 7) is 6.29. The first-order valence-corrected chi connectivity index (χ1v) is 4.66. The van der Waals surface area contributed by atoms with Crippen LogP contribution in [0, 0.1) is 0 Å². The third kappa shape index (κ3) is 1.04. The first-order valence-electron chi connectivity index (χ1n) is 4.66. The fourth-order valence-corrected chi connectivity index (χ4v) is 2.36. The van der Waals surface area contributed by atoms with Crippen molar-refractivity contribution < 1.29 is 4.79 Å². The Morgan fingerprint density at radius 1 is 1.58 bits per heavy atom. The molecule has 2 heterocycles. The zero-order valence-corrected chi connectivity index (χ0v) is 7.76. The van der Waals surface area contributed by atoms with E-state index in [0.717, 1.165) is 25.9 Å². The Morgan fingerprint density at radius 3 is 3.00 bits per heavy atom. The van der Waals surface area contributed by atoms with Gasteiger partial charge in [0, 0.05) is 18.6 Å². The third-order valence-corrected chi connectivity index (χ3v) is 3.14. The van der Waals surface area contributed by atoms with Gasteiger partial charge in [-0.05, 0) is 26.7 Å². The van der Waals surface area contributed by atoms with Crippen LogP contribution in [0.4, 0.5) is 0 Å². The summed E-state index contributed by atoms with van der Waals surface area (Å²) < 4.78 is 0. The predicted molar refractivity (Wildman–Crippen MR) is 46.8 cm³/mol. The zero-order valence-electron chi connectivity index (χ0n) is 7.76. The van der Waals surface area contributed by atoms with Gasteiger partial charge in [0.1, 0.15) is 0 Å². The molecule has 2 aliphatic heterocycles. The first kappa shape index (κ1) is 8.05. The second-order valence-corrected chi connectivity index (χ2v) is 4.35. The van der Waals surface area contributed by atoms with Crippen LogP contribution in [0.2, 0.25) is 0 Å². The zero-order chi connectivity index (χ0) is 8.77. The van der Waals surface area contributed by atoms with Crippen LogP contribution in [0.1, 0.15) is 26.7 Å². The van der Waals surface area contributed by atoms with Gasteiger partial charge >= 0.3 is 0 Å². The average Bonchev–Trinajstić information content (AvgIpc) is 2.30. The summed E-state index contributed by atoms with van der Waals surface area (Å²) in [6, 6.07) is 0.161. The molecule has 1 amide bonds. The van der Waals surface area contributed by atoms with E-state index in [-0.39, 0.29) is 17.5 Å². The van der Waals surface area contributed by atoms with E-state index in [4.69, 9.17) is 0 Å². The second kappa shape index (κ2) is 2.46. The van der Waals surface area contributed by atoms with Gasteiger partial charge in [0.2, 0.25) is 5.91 Å². The molecule has 2 saturated heterocycles. The molecule has 0 bridgehead atoms. The molecule has 0 aromatic heterocycles. The average molecular weight is 168 g/mol. The summed E-state index contributed by atoms with van der Waals surface area (Å²) in [5.74, 6) is 0.229. The Kier molecular flexibility index (Phi) is 1.65. The van der Waals surface area contributed by atoms with Crippen molar-refractivity contribution in [2.75, 3.05) is 13.1 Å². The Hall–Kier alpha value is -0.570. The molecule has 2 fully saturated rings. The number of rotatable bonds is 0. The van der Waals surface area contributed by atoms with Crippen molar-refractivity contribution in [3.63, 3.8) is 0 Å². The quantitative estimate of drug-likeness (QED) is 0.566. The van der Waals surface area contributed by atoms with Gasteiger partial charge in [-0.25, -0.2) is 0 Å². The highest BCUT2D eigenvalue weighted by molar-refractivity contribution is 5.83. The lowest BCUT2D eigenvalue weighted by Crippen LogP contribution is -2.57. The topological polar surface area (TPSA) is 32.3 Å². The number of hydrogen-bond acceptors (Lipinski definition) is 2. The van der Waals surface area contributed by atoms with Gasteiger partial charge in [0.05, 0.1) is 6.04 Å². The summed E-state index contributed by atoms with van der Waals surface area (Å²) in [7, 11) is 0. The fourth-order valence-electron chi connectivity index (χ4n) is 2.36. The summed E-state index contributed by atoms with van der Waals surface area (Å²) in [5.41, 5.74) is 0.239. The largest absolute Gasteiger partial charge is 0.353 e. The number of piperazine rings is 1. The van der Waals surface area contributed by atoms with Crippen molar-refractivity contribution >= 4 is 5.91 Å². The van der Waals surface area contributed by atoms with Gasteiger partial charge < -0.3 is 5.32 Å². The van der Waals surface area contributed by atoms with Crippen molar-refractivity contribution in [2.24, 2.45) is 0 Å². The van der Waals surface area contributed by atoms with Crippen molar-refractivity contribution in [3.8, 4) is 0 Å². The van der Waals surface area contributed by atoms with Crippen molar-refractivity contribution in [1.29, 1.82) is 0 Å². The summed E-state index contributed by atoms with van der Waals surface area (Å²) >= 11 is 0. The summed E-state index contributed by atoms with van der Waals surface area (Å²) in [5, 5.41) is 2.91. The molecule has 12 heavy (non-hydrogen) atoms. The third-order valence-electron chi connectivity index (χ3n) is 3.14. The van der Waals surface area contributed by atoms with E-state index in [9.17, 15) is 4.79 Å². The lowest BCUT2D eigenvalue weighted by atomic mass is 10.0. The number of fused-ring (bicyclic) bond motifs is 1. The van der Waals surface area contributed by atoms with Crippen molar-refractivity contribution in [2.45, 2.75) is 38.3 Å². The number of amides is 1. The van der Waals surface area contributed by atoms with E-state index in [0.29, 0.717) is 0 Å². The lowest BCUT2D eigenvalue weighted by molar-refractivity contribution is -0.129. The molecule has 2 rings (SSSR count). The number of carbonyl (C=O) groups excluding carboxylic acids is 1. The SMILES string of the molecule is CC1(C)CC[C@@H]2C(=O)NCCN21. The smallest absolute Gasteiger partial charge is 0.237 e. The fraction of sp³-hybridized carbons (Fsp3) is 0.889. The summed E-state index contributed by atoms with van der Waals surface area (Å²) in [6.07, 6.45) is 2.17. The Morgan fingerprint density at radius 2 is 2.33 bits per heavy atom. The molecule has 2 aliphatic rings. The minimum atomic E-state index is 0.161. The molecule has 3 nitrogen and oxygen atoms in total. The standard InChI is InChI=1S/C9H16N2O/c1-9(2)4-3-7-8(12)10-5-6-11(7)9/h7H,3-6H2,1-2H3,(H,10,12)/t7-/m1/s1. The maximum Gasteiger partial charge on any atom is 0.237 e. The van der Waals surface area contributed by atoms with Crippen LogP contribution < -0.4 is 5.32 Å². The Bertz CT molecular complexity index is 213. The maximum atomic E-state index is 11.4. The first-order chi connectivity index (χ1) is 5.61. The number of nitrogens with zero attached hydrogens (tertiary/aromatic N) is 1. The van der Waals surface area contributed by atoms with Gasteiger partial charge in [0.25, 0.3) is 0 Å². The van der Waals surface area contributed by atoms with Crippen LogP contribution in [0.15, 0.2) is 0 Å². The summed E-state index contributed by atoms with van der Waals surface area (Å²) in [4.78, 5) is 13.7. The Balaban J connectivity index is 2.20. The van der Waals surface area contributed by atoms with Crippen molar-refractivity contribution in [3.05, 3.63) is 0 Å². The van der Waals surface area contributed by atoms with E-state index < -0.39 is 0 Å². The molecule has 0 unspecified atom stereocenters. The number of nitrogens with one attached hydrogen (secondary N) is 1. The maximum absolute atomic E-state index is 11.4. The van der Waals surface area contributed by atoms with Crippen LogP contribution in [0.25, 0.3) is 0 Å². The van der Waals surface area contributed by atoms with Gasteiger partial charge in [-0.1, -0.05) is 0 Å². The normalized spacial score (nSPS) is 34.5. The van der Waals surface area contributed by atoms with E-state index in [1.165, 1.54) is 0 Å². The predicted octanol–water partition coefficient (Wildman–Crippen LogP) is 0.359. The molecule has 68 valence electrons. The van der Waals surface area contributed by atoms with Gasteiger partial charge in [-0.15, -0.1) is 0 Å². The van der Waals surface area contributed by atoms with Gasteiger partial charge in [-0.3, -0.25) is 9.69 Å². The van der Waals surface area contributed by atoms with E-state index >= 15 is 0 Å². The van der Waals surface area contributed by atoms with Crippen LogP contribution in [-0.4, -0.2) is 35.5 Å². The van der Waals surface area contributed by atoms with E-state index in [1.54, 1.807) is 0 Å². The molecule has 0 saturated carbocycles. The molecular weight excluding hydrogens is 152 g/mol. The molecule has 0 aliphatic carbocycles. The highest BCUT2D eigenvalue weighted by Gasteiger charge is 2.44. The van der Waals surface area contributed by atoms with E-state index in [2.05, 4.69) is 24.1 Å². The molecule has 0 aromatic rings. The molecule has 3 heteroatoms. The van der Waals surface area contributed by atoms with Crippen molar-refractivity contribution in [1.82, 2.24) is 10.2 Å². The van der Waals surface area contributed by atoms with Crippen LogP contribution in [0.3, 0.4) is 0 Å².